The molecule has 4 heteroatoms. The van der Waals surface area contributed by atoms with Crippen LogP contribution < -0.4 is 0 Å². The van der Waals surface area contributed by atoms with Crippen LogP contribution in [0.4, 0.5) is 13.2 Å². The summed E-state index contributed by atoms with van der Waals surface area (Å²) in [5.74, 6) is -0.186. The molecule has 2 atom stereocenters. The van der Waals surface area contributed by atoms with E-state index >= 15 is 0 Å². The van der Waals surface area contributed by atoms with Crippen LogP contribution in [0.2, 0.25) is 0 Å². The molecule has 2 unspecified atom stereocenters. The molecule has 0 saturated heterocycles. The first-order valence-electron chi connectivity index (χ1n) is 3.13. The Morgan fingerprint density at radius 3 is 2.10 bits per heavy atom. The van der Waals surface area contributed by atoms with E-state index in [9.17, 15) is 13.2 Å². The second-order valence-electron chi connectivity index (χ2n) is 3.00. The maximum atomic E-state index is 11.6. The molecule has 1 aliphatic carbocycles. The molecule has 0 heterocycles. The monoisotopic (exact) mass is 154 g/mol. The molecular weight excluding hydrogens is 145 g/mol. The molecule has 1 nitrogen and oxygen atoms in total. The van der Waals surface area contributed by atoms with E-state index in [1.54, 1.807) is 6.92 Å². The van der Waals surface area contributed by atoms with Crippen molar-refractivity contribution in [3.05, 3.63) is 0 Å². The van der Waals surface area contributed by atoms with E-state index in [2.05, 4.69) is 0 Å². The van der Waals surface area contributed by atoms with Gasteiger partial charge in [-0.25, -0.2) is 0 Å². The molecule has 1 saturated carbocycles. The smallest absolute Gasteiger partial charge is 0.389 e. The van der Waals surface area contributed by atoms with Crippen LogP contribution in [0.5, 0.6) is 0 Å². The van der Waals surface area contributed by atoms with Crippen molar-refractivity contribution in [2.24, 2.45) is 5.92 Å². The zero-order chi connectivity index (χ0) is 7.99. The minimum Gasteiger partial charge on any atom is -0.389 e. The van der Waals surface area contributed by atoms with Crippen LogP contribution in [0.15, 0.2) is 0 Å². The molecule has 0 amide bonds. The van der Waals surface area contributed by atoms with Crippen molar-refractivity contribution >= 4 is 0 Å². The molecular formula is C6H9F3O. The van der Waals surface area contributed by atoms with Crippen LogP contribution >= 0.6 is 0 Å². The van der Waals surface area contributed by atoms with Crippen LogP contribution in [0.3, 0.4) is 0 Å². The third-order valence-electron chi connectivity index (χ3n) is 1.92. The van der Waals surface area contributed by atoms with Gasteiger partial charge in [-0.1, -0.05) is 6.92 Å². The van der Waals surface area contributed by atoms with Gasteiger partial charge < -0.3 is 5.11 Å². The van der Waals surface area contributed by atoms with Crippen molar-refractivity contribution in [3.8, 4) is 0 Å². The van der Waals surface area contributed by atoms with E-state index in [-0.39, 0.29) is 12.3 Å². The summed E-state index contributed by atoms with van der Waals surface area (Å²) in [5.41, 5.74) is -1.43. The molecule has 0 aliphatic heterocycles. The Morgan fingerprint density at radius 1 is 1.60 bits per heavy atom. The topological polar surface area (TPSA) is 20.2 Å². The van der Waals surface area contributed by atoms with E-state index in [1.165, 1.54) is 0 Å². The highest BCUT2D eigenvalue weighted by Gasteiger charge is 2.55. The fraction of sp³-hybridized carbons (Fsp3) is 1.00. The summed E-state index contributed by atoms with van der Waals surface area (Å²) in [6, 6.07) is 0. The van der Waals surface area contributed by atoms with E-state index in [0.717, 1.165) is 0 Å². The van der Waals surface area contributed by atoms with E-state index in [1.807, 2.05) is 0 Å². The van der Waals surface area contributed by atoms with E-state index < -0.39 is 18.2 Å². The first kappa shape index (κ1) is 7.85. The molecule has 1 rings (SSSR count). The standard InChI is InChI=1S/C6H9F3O/c1-4-2-5(4,10)3-6(7,8)9/h4,10H,2-3H2,1H3. The van der Waals surface area contributed by atoms with Gasteiger partial charge in [0.25, 0.3) is 0 Å². The van der Waals surface area contributed by atoms with Gasteiger partial charge in [-0.2, -0.15) is 13.2 Å². The Balaban J connectivity index is 2.41. The Kier molecular flexibility index (Phi) is 1.47. The molecule has 1 fully saturated rings. The summed E-state index contributed by atoms with van der Waals surface area (Å²) in [5, 5.41) is 9.01. The molecule has 1 aliphatic rings. The van der Waals surface area contributed by atoms with Gasteiger partial charge in [0.15, 0.2) is 0 Å². The lowest BCUT2D eigenvalue weighted by Crippen LogP contribution is -2.21. The van der Waals surface area contributed by atoms with Crippen LogP contribution in [0.1, 0.15) is 19.8 Å². The largest absolute Gasteiger partial charge is 0.391 e. The molecule has 0 radical (unpaired) electrons. The fourth-order valence-corrected chi connectivity index (χ4v) is 1.06. The highest BCUT2D eigenvalue weighted by molar-refractivity contribution is 5.01. The van der Waals surface area contributed by atoms with Gasteiger partial charge in [-0.3, -0.25) is 0 Å². The van der Waals surface area contributed by atoms with E-state index in [4.69, 9.17) is 5.11 Å². The normalized spacial score (nSPS) is 39.9. The summed E-state index contributed by atoms with van der Waals surface area (Å²) in [4.78, 5) is 0. The number of hydrogen-bond donors (Lipinski definition) is 1. The lowest BCUT2D eigenvalue weighted by Gasteiger charge is -2.11. The number of hydrogen-bond acceptors (Lipinski definition) is 1. The Bertz CT molecular complexity index is 142. The number of aliphatic hydroxyl groups is 1. The first-order valence-corrected chi connectivity index (χ1v) is 3.13. The summed E-state index contributed by atoms with van der Waals surface area (Å²) < 4.78 is 34.8. The number of alkyl halides is 3. The second-order valence-corrected chi connectivity index (χ2v) is 3.00. The third-order valence-corrected chi connectivity index (χ3v) is 1.92. The van der Waals surface area contributed by atoms with Crippen molar-refractivity contribution in [2.75, 3.05) is 0 Å². The van der Waals surface area contributed by atoms with Gasteiger partial charge in [0.1, 0.15) is 0 Å². The highest BCUT2D eigenvalue weighted by Crippen LogP contribution is 2.49. The molecule has 10 heavy (non-hydrogen) atoms. The highest BCUT2D eigenvalue weighted by atomic mass is 19.4. The Labute approximate surface area is 56.8 Å². The zero-order valence-corrected chi connectivity index (χ0v) is 5.57. The fourth-order valence-electron chi connectivity index (χ4n) is 1.06. The maximum Gasteiger partial charge on any atom is 0.391 e. The minimum absolute atomic E-state index is 0.186. The van der Waals surface area contributed by atoms with Crippen molar-refractivity contribution in [1.82, 2.24) is 0 Å². The number of rotatable bonds is 1. The van der Waals surface area contributed by atoms with Gasteiger partial charge in [0, 0.05) is 0 Å². The molecule has 0 aromatic rings. The Morgan fingerprint density at radius 2 is 2.00 bits per heavy atom. The van der Waals surface area contributed by atoms with Crippen LogP contribution in [0, 0.1) is 5.92 Å². The molecule has 0 spiro atoms. The third kappa shape index (κ3) is 1.62. The van der Waals surface area contributed by atoms with Gasteiger partial charge in [0.05, 0.1) is 12.0 Å². The molecule has 1 N–H and O–H groups in total. The summed E-state index contributed by atoms with van der Waals surface area (Å²) in [6.45, 7) is 1.62. The summed E-state index contributed by atoms with van der Waals surface area (Å²) in [6.07, 6.45) is -4.99. The molecule has 0 bridgehead atoms. The van der Waals surface area contributed by atoms with Crippen LogP contribution in [0.25, 0.3) is 0 Å². The van der Waals surface area contributed by atoms with Crippen molar-refractivity contribution in [2.45, 2.75) is 31.5 Å². The van der Waals surface area contributed by atoms with Gasteiger partial charge in [0.2, 0.25) is 0 Å². The predicted molar refractivity (Wildman–Crippen MR) is 29.4 cm³/mol. The Hall–Kier alpha value is -0.250. The second kappa shape index (κ2) is 1.87. The lowest BCUT2D eigenvalue weighted by molar-refractivity contribution is -0.159. The van der Waals surface area contributed by atoms with E-state index in [0.29, 0.717) is 0 Å². The average molecular weight is 154 g/mol. The van der Waals surface area contributed by atoms with Crippen molar-refractivity contribution in [3.63, 3.8) is 0 Å². The van der Waals surface area contributed by atoms with Gasteiger partial charge in [-0.05, 0) is 12.3 Å². The van der Waals surface area contributed by atoms with Gasteiger partial charge in [-0.15, -0.1) is 0 Å². The molecule has 60 valence electrons. The minimum atomic E-state index is -4.22. The van der Waals surface area contributed by atoms with Crippen molar-refractivity contribution < 1.29 is 18.3 Å². The summed E-state index contributed by atoms with van der Waals surface area (Å²) in [7, 11) is 0. The molecule has 0 aromatic carbocycles. The molecule has 0 aromatic heterocycles. The maximum absolute atomic E-state index is 11.6. The van der Waals surface area contributed by atoms with Crippen LogP contribution in [-0.2, 0) is 0 Å². The summed E-state index contributed by atoms with van der Waals surface area (Å²) >= 11 is 0. The first-order chi connectivity index (χ1) is 4.33. The van der Waals surface area contributed by atoms with Crippen molar-refractivity contribution in [1.29, 1.82) is 0 Å². The van der Waals surface area contributed by atoms with Crippen LogP contribution in [-0.4, -0.2) is 16.9 Å². The quantitative estimate of drug-likeness (QED) is 0.609. The number of halogens is 3. The lowest BCUT2D eigenvalue weighted by atomic mass is 10.2. The average Bonchev–Trinajstić information content (AvgIpc) is 2.05. The van der Waals surface area contributed by atoms with Gasteiger partial charge >= 0.3 is 6.18 Å². The zero-order valence-electron chi connectivity index (χ0n) is 5.57. The SMILES string of the molecule is CC1CC1(O)CC(F)(F)F. The predicted octanol–water partition coefficient (Wildman–Crippen LogP) is 1.71.